The topological polar surface area (TPSA) is 17.8 Å². The van der Waals surface area contributed by atoms with Gasteiger partial charge in [0.25, 0.3) is 0 Å². The molecule has 0 atom stereocenters. The maximum Gasteiger partial charge on any atom is 0.416 e. The Bertz CT molecular complexity index is 1210. The average molecular weight is 478 g/mol. The predicted molar refractivity (Wildman–Crippen MR) is 115 cm³/mol. The molecule has 4 rings (SSSR count). The zero-order valence-corrected chi connectivity index (χ0v) is 17.7. The summed E-state index contributed by atoms with van der Waals surface area (Å²) in [5.74, 6) is 0.369. The summed E-state index contributed by atoms with van der Waals surface area (Å²) in [7, 11) is 0. The summed E-state index contributed by atoms with van der Waals surface area (Å²) in [6, 6.07) is 18.9. The van der Waals surface area contributed by atoms with Gasteiger partial charge >= 0.3 is 12.4 Å². The number of hydrogen-bond donors (Lipinski definition) is 0. The molecule has 0 aliphatic heterocycles. The highest BCUT2D eigenvalue weighted by atomic mass is 32.2. The van der Waals surface area contributed by atoms with Crippen LogP contribution < -0.4 is 0 Å². The molecule has 0 saturated heterocycles. The number of benzene rings is 3. The van der Waals surface area contributed by atoms with E-state index in [4.69, 9.17) is 0 Å². The molecule has 0 radical (unpaired) electrons. The van der Waals surface area contributed by atoms with Gasteiger partial charge in [-0.3, -0.25) is 4.57 Å². The van der Waals surface area contributed by atoms with Crippen molar-refractivity contribution in [1.82, 2.24) is 9.55 Å². The van der Waals surface area contributed by atoms with Gasteiger partial charge in [0.05, 0.1) is 16.8 Å². The van der Waals surface area contributed by atoms with Crippen LogP contribution in [0.2, 0.25) is 0 Å². The number of para-hydroxylation sites is 1. The fourth-order valence-electron chi connectivity index (χ4n) is 3.15. The molecule has 0 aliphatic rings. The van der Waals surface area contributed by atoms with Gasteiger partial charge in [0, 0.05) is 23.2 Å². The molecule has 2 nitrogen and oxygen atoms in total. The first-order chi connectivity index (χ1) is 15.6. The van der Waals surface area contributed by atoms with Crippen molar-refractivity contribution in [2.24, 2.45) is 0 Å². The molecule has 170 valence electrons. The van der Waals surface area contributed by atoms with E-state index in [1.54, 1.807) is 6.20 Å². The summed E-state index contributed by atoms with van der Waals surface area (Å²) in [6.45, 7) is 0. The molecule has 0 N–H and O–H groups in total. The number of halogens is 6. The maximum atomic E-state index is 12.9. The molecule has 3 aromatic carbocycles. The zero-order valence-electron chi connectivity index (χ0n) is 16.9. The van der Waals surface area contributed by atoms with E-state index in [9.17, 15) is 26.3 Å². The van der Waals surface area contributed by atoms with Crippen LogP contribution >= 0.6 is 11.8 Å². The molecular formula is C24H16F6N2S. The van der Waals surface area contributed by atoms with Crippen molar-refractivity contribution in [3.8, 4) is 16.9 Å². The second-order valence-electron chi connectivity index (χ2n) is 7.17. The van der Waals surface area contributed by atoms with Crippen LogP contribution in [0.15, 0.2) is 90.2 Å². The summed E-state index contributed by atoms with van der Waals surface area (Å²) < 4.78 is 78.8. The summed E-state index contributed by atoms with van der Waals surface area (Å²) >= 11 is 1.32. The highest BCUT2D eigenvalue weighted by Gasteiger charge is 2.30. The Balaban J connectivity index is 1.62. The third-order valence-corrected chi connectivity index (χ3v) is 5.89. The molecule has 0 unspecified atom stereocenters. The van der Waals surface area contributed by atoms with Crippen molar-refractivity contribution in [3.05, 3.63) is 102 Å². The Morgan fingerprint density at radius 2 is 1.24 bits per heavy atom. The fraction of sp³-hybridized carbons (Fsp3) is 0.125. The molecule has 9 heteroatoms. The van der Waals surface area contributed by atoms with Crippen LogP contribution in [0, 0.1) is 0 Å². The van der Waals surface area contributed by atoms with Crippen LogP contribution in [-0.4, -0.2) is 9.55 Å². The Hall–Kier alpha value is -3.20. The van der Waals surface area contributed by atoms with Gasteiger partial charge in [-0.05, 0) is 42.0 Å². The number of nitrogens with zero attached hydrogens (tertiary/aromatic N) is 2. The normalized spacial score (nSPS) is 12.2. The number of imidazole rings is 1. The quantitative estimate of drug-likeness (QED) is 0.215. The number of alkyl halides is 6. The Morgan fingerprint density at radius 3 is 1.79 bits per heavy atom. The van der Waals surface area contributed by atoms with E-state index >= 15 is 0 Å². The van der Waals surface area contributed by atoms with Crippen molar-refractivity contribution in [3.63, 3.8) is 0 Å². The first kappa shape index (κ1) is 23.0. The van der Waals surface area contributed by atoms with Gasteiger partial charge in [0.15, 0.2) is 5.16 Å². The highest BCUT2D eigenvalue weighted by molar-refractivity contribution is 7.98. The molecule has 0 bridgehead atoms. The summed E-state index contributed by atoms with van der Waals surface area (Å²) in [6.07, 6.45) is -7.09. The van der Waals surface area contributed by atoms with Crippen LogP contribution in [0.5, 0.6) is 0 Å². The van der Waals surface area contributed by atoms with E-state index in [0.29, 0.717) is 27.7 Å². The molecule has 0 spiro atoms. The van der Waals surface area contributed by atoms with Gasteiger partial charge in [0.2, 0.25) is 0 Å². The minimum absolute atomic E-state index is 0.369. The Labute approximate surface area is 189 Å². The van der Waals surface area contributed by atoms with Crippen LogP contribution in [0.4, 0.5) is 26.3 Å². The zero-order chi connectivity index (χ0) is 23.6. The average Bonchev–Trinajstić information content (AvgIpc) is 3.22. The minimum Gasteiger partial charge on any atom is -0.294 e. The molecule has 1 heterocycles. The van der Waals surface area contributed by atoms with E-state index in [1.807, 2.05) is 34.9 Å². The second kappa shape index (κ2) is 8.97. The van der Waals surface area contributed by atoms with E-state index < -0.39 is 23.5 Å². The van der Waals surface area contributed by atoms with Crippen LogP contribution in [-0.2, 0) is 18.1 Å². The van der Waals surface area contributed by atoms with Gasteiger partial charge < -0.3 is 0 Å². The maximum absolute atomic E-state index is 12.9. The monoisotopic (exact) mass is 478 g/mol. The number of thioether (sulfide) groups is 1. The van der Waals surface area contributed by atoms with Crippen molar-refractivity contribution >= 4 is 11.8 Å². The van der Waals surface area contributed by atoms with E-state index in [2.05, 4.69) is 4.98 Å². The van der Waals surface area contributed by atoms with Crippen molar-refractivity contribution in [2.45, 2.75) is 23.3 Å². The largest absolute Gasteiger partial charge is 0.416 e. The molecule has 1 aromatic heterocycles. The molecule has 0 fully saturated rings. The smallest absolute Gasteiger partial charge is 0.294 e. The van der Waals surface area contributed by atoms with Gasteiger partial charge in [0.1, 0.15) is 0 Å². The van der Waals surface area contributed by atoms with Gasteiger partial charge in [-0.1, -0.05) is 54.2 Å². The van der Waals surface area contributed by atoms with Crippen molar-refractivity contribution in [1.29, 1.82) is 0 Å². The van der Waals surface area contributed by atoms with E-state index in [-0.39, 0.29) is 0 Å². The van der Waals surface area contributed by atoms with Gasteiger partial charge in [-0.2, -0.15) is 26.3 Å². The molecular weight excluding hydrogens is 462 g/mol. The lowest BCUT2D eigenvalue weighted by Gasteiger charge is -2.09. The van der Waals surface area contributed by atoms with E-state index in [1.165, 1.54) is 36.0 Å². The lowest BCUT2D eigenvalue weighted by molar-refractivity contribution is -0.138. The number of aromatic nitrogens is 2. The standard InChI is InChI=1S/C24H16F6N2S/c25-23(26,27)18-10-6-16(7-11-18)15-33-22-31-21(14-32(22)20-4-2-1-3-5-20)17-8-12-19(13-9-17)24(28,29)30/h1-14H,15H2. The lowest BCUT2D eigenvalue weighted by Crippen LogP contribution is -2.04. The summed E-state index contributed by atoms with van der Waals surface area (Å²) in [5, 5.41) is 0.566. The third kappa shape index (κ3) is 5.42. The number of rotatable bonds is 5. The molecule has 0 aliphatic carbocycles. The van der Waals surface area contributed by atoms with E-state index in [0.717, 1.165) is 30.0 Å². The molecule has 0 amide bonds. The van der Waals surface area contributed by atoms with Gasteiger partial charge in [-0.25, -0.2) is 4.98 Å². The Kier molecular flexibility index (Phi) is 6.25. The first-order valence-corrected chi connectivity index (χ1v) is 10.7. The second-order valence-corrected chi connectivity index (χ2v) is 8.12. The van der Waals surface area contributed by atoms with Gasteiger partial charge in [-0.15, -0.1) is 0 Å². The molecule has 4 aromatic rings. The summed E-state index contributed by atoms with van der Waals surface area (Å²) in [5.41, 5.74) is 1.04. The van der Waals surface area contributed by atoms with Crippen LogP contribution in [0.1, 0.15) is 16.7 Å². The highest BCUT2D eigenvalue weighted by Crippen LogP contribution is 2.34. The van der Waals surface area contributed by atoms with Crippen molar-refractivity contribution < 1.29 is 26.3 Å². The first-order valence-electron chi connectivity index (χ1n) is 9.72. The fourth-order valence-corrected chi connectivity index (χ4v) is 4.09. The predicted octanol–water partition coefficient (Wildman–Crippen LogP) is 7.87. The lowest BCUT2D eigenvalue weighted by atomic mass is 10.1. The molecule has 0 saturated carbocycles. The Morgan fingerprint density at radius 1 is 0.697 bits per heavy atom. The molecule has 33 heavy (non-hydrogen) atoms. The van der Waals surface area contributed by atoms with Crippen LogP contribution in [0.3, 0.4) is 0 Å². The number of hydrogen-bond acceptors (Lipinski definition) is 2. The third-order valence-electron chi connectivity index (χ3n) is 4.87. The minimum atomic E-state index is -4.43. The van der Waals surface area contributed by atoms with Crippen molar-refractivity contribution in [2.75, 3.05) is 0 Å². The van der Waals surface area contributed by atoms with Crippen LogP contribution in [0.25, 0.3) is 16.9 Å². The SMILES string of the molecule is FC(F)(F)c1ccc(CSc2nc(-c3ccc(C(F)(F)F)cc3)cn2-c2ccccc2)cc1. The summed E-state index contributed by atoms with van der Waals surface area (Å²) in [4.78, 5) is 4.59.